The number of halogens is 1. The molecule has 0 saturated carbocycles. The molecule has 0 saturated heterocycles. The Morgan fingerprint density at radius 3 is 2.23 bits per heavy atom. The molecule has 2 N–H and O–H groups in total. The number of hydrogen-bond donors (Lipinski definition) is 2. The Labute approximate surface area is 263 Å². The normalized spacial score (nSPS) is 12.5. The van der Waals surface area contributed by atoms with Gasteiger partial charge in [-0.25, -0.2) is 0 Å². The van der Waals surface area contributed by atoms with Crippen LogP contribution < -0.4 is 16.2 Å². The van der Waals surface area contributed by atoms with Gasteiger partial charge in [0.05, 0.1) is 0 Å². The van der Waals surface area contributed by atoms with E-state index in [0.717, 1.165) is 25.8 Å². The molecule has 0 bridgehead atoms. The van der Waals surface area contributed by atoms with E-state index in [0.29, 0.717) is 11.4 Å². The minimum atomic E-state index is -0.982. The molecule has 2 heterocycles. The molecule has 0 spiro atoms. The zero-order valence-electron chi connectivity index (χ0n) is 24.1. The van der Waals surface area contributed by atoms with Crippen LogP contribution in [0.3, 0.4) is 0 Å². The fourth-order valence-corrected chi connectivity index (χ4v) is 5.45. The highest BCUT2D eigenvalue weighted by atomic mass is 127. The maximum atomic E-state index is 14.1. The van der Waals surface area contributed by atoms with Crippen molar-refractivity contribution in [2.45, 2.75) is 31.8 Å². The summed E-state index contributed by atoms with van der Waals surface area (Å²) >= 11 is 2.21. The number of anilines is 1. The molecule has 5 rings (SSSR count). The van der Waals surface area contributed by atoms with Gasteiger partial charge in [0, 0.05) is 46.7 Å². The molecular weight excluding hydrogens is 653 g/mol. The van der Waals surface area contributed by atoms with E-state index in [2.05, 4.69) is 38.3 Å². The van der Waals surface area contributed by atoms with E-state index in [9.17, 15) is 14.4 Å². The lowest BCUT2D eigenvalue weighted by Gasteiger charge is -2.29. The summed E-state index contributed by atoms with van der Waals surface area (Å²) in [6.07, 6.45) is 3.40. The molecular formula is C34H32IN5O3. The maximum Gasteiger partial charge on any atom is 0.270 e. The minimum Gasteiger partial charge on any atom is -0.338 e. The predicted octanol–water partition coefficient (Wildman–Crippen LogP) is 6.00. The SMILES string of the molecule is CC(C)n1cc(-c2cccc(C(c3ccccc3)C(NC(=O)c3ccnn3C)C(=O)Nc3ccc(I)cc3)c2)ccc1=O. The molecule has 9 heteroatoms. The lowest BCUT2D eigenvalue weighted by Crippen LogP contribution is -2.48. The van der Waals surface area contributed by atoms with Crippen molar-refractivity contribution in [2.24, 2.45) is 7.05 Å². The van der Waals surface area contributed by atoms with Gasteiger partial charge in [-0.3, -0.25) is 19.1 Å². The molecule has 0 aliphatic carbocycles. The fourth-order valence-electron chi connectivity index (χ4n) is 5.09. The number of carbonyl (C=O) groups is 2. The van der Waals surface area contributed by atoms with E-state index in [1.807, 2.05) is 105 Å². The van der Waals surface area contributed by atoms with E-state index in [4.69, 9.17) is 0 Å². The van der Waals surface area contributed by atoms with Crippen LogP contribution in [0.2, 0.25) is 0 Å². The summed E-state index contributed by atoms with van der Waals surface area (Å²) in [4.78, 5) is 40.1. The summed E-state index contributed by atoms with van der Waals surface area (Å²) < 4.78 is 4.22. The fraction of sp³-hybridized carbons (Fsp3) is 0.176. The lowest BCUT2D eigenvalue weighted by atomic mass is 9.83. The van der Waals surface area contributed by atoms with Crippen LogP contribution in [0.1, 0.15) is 47.4 Å². The number of aromatic nitrogens is 3. The summed E-state index contributed by atoms with van der Waals surface area (Å²) in [6, 6.07) is 29.1. The van der Waals surface area contributed by atoms with Gasteiger partial charge < -0.3 is 15.2 Å². The maximum absolute atomic E-state index is 14.1. The van der Waals surface area contributed by atoms with Crippen molar-refractivity contribution in [1.29, 1.82) is 0 Å². The zero-order chi connectivity index (χ0) is 30.5. The van der Waals surface area contributed by atoms with E-state index in [-0.39, 0.29) is 17.5 Å². The van der Waals surface area contributed by atoms with Crippen molar-refractivity contribution in [3.05, 3.63) is 140 Å². The molecule has 5 aromatic rings. The summed E-state index contributed by atoms with van der Waals surface area (Å²) in [5, 5.41) is 10.2. The number of pyridine rings is 1. The van der Waals surface area contributed by atoms with Crippen molar-refractivity contribution < 1.29 is 9.59 Å². The second-order valence-corrected chi connectivity index (χ2v) is 11.8. The zero-order valence-corrected chi connectivity index (χ0v) is 26.2. The number of benzene rings is 3. The Hall–Kier alpha value is -4.51. The quantitative estimate of drug-likeness (QED) is 0.186. The third-order valence-corrected chi connectivity index (χ3v) is 8.02. The molecule has 8 nitrogen and oxygen atoms in total. The lowest BCUT2D eigenvalue weighted by molar-refractivity contribution is -0.118. The first kappa shape index (κ1) is 30.0. The van der Waals surface area contributed by atoms with Crippen LogP contribution in [0.5, 0.6) is 0 Å². The van der Waals surface area contributed by atoms with Crippen molar-refractivity contribution in [2.75, 3.05) is 5.32 Å². The largest absolute Gasteiger partial charge is 0.338 e. The molecule has 218 valence electrons. The molecule has 0 radical (unpaired) electrons. The highest BCUT2D eigenvalue weighted by Crippen LogP contribution is 2.32. The molecule has 2 atom stereocenters. The van der Waals surface area contributed by atoms with Gasteiger partial charge in [0.1, 0.15) is 11.7 Å². The number of nitrogens with zero attached hydrogens (tertiary/aromatic N) is 3. The van der Waals surface area contributed by atoms with Crippen LogP contribution in [-0.4, -0.2) is 32.2 Å². The Morgan fingerprint density at radius 1 is 0.837 bits per heavy atom. The Balaban J connectivity index is 1.61. The van der Waals surface area contributed by atoms with Crippen molar-refractivity contribution in [3.63, 3.8) is 0 Å². The molecule has 3 aromatic carbocycles. The summed E-state index contributed by atoms with van der Waals surface area (Å²) in [5.74, 6) is -1.31. The first-order valence-corrected chi connectivity index (χ1v) is 15.0. The summed E-state index contributed by atoms with van der Waals surface area (Å²) in [5.41, 5.74) is 4.36. The number of hydrogen-bond acceptors (Lipinski definition) is 4. The average molecular weight is 686 g/mol. The molecule has 43 heavy (non-hydrogen) atoms. The van der Waals surface area contributed by atoms with Crippen LogP contribution in [-0.2, 0) is 11.8 Å². The van der Waals surface area contributed by atoms with E-state index < -0.39 is 17.9 Å². The third-order valence-electron chi connectivity index (χ3n) is 7.30. The standard InChI is InChI=1S/C34H32IN5O3/c1-22(2)40-21-26(12-17-30(40)41)24-10-7-11-25(20-24)31(23-8-5-4-6-9-23)32(38-33(42)29-18-19-36-39(29)3)34(43)37-28-15-13-27(35)14-16-28/h4-22,31-32H,1-3H3,(H,37,43)(H,38,42). The monoisotopic (exact) mass is 685 g/mol. The highest BCUT2D eigenvalue weighted by molar-refractivity contribution is 14.1. The number of rotatable bonds is 9. The number of aryl methyl sites for hydroxylation is 1. The van der Waals surface area contributed by atoms with Crippen LogP contribution in [0.15, 0.2) is 114 Å². The molecule has 0 aliphatic heterocycles. The van der Waals surface area contributed by atoms with E-state index >= 15 is 0 Å². The third kappa shape index (κ3) is 6.94. The average Bonchev–Trinajstić information content (AvgIpc) is 3.44. The molecule has 0 fully saturated rings. The van der Waals surface area contributed by atoms with Crippen molar-refractivity contribution in [3.8, 4) is 11.1 Å². The van der Waals surface area contributed by atoms with Gasteiger partial charge in [0.2, 0.25) is 5.91 Å². The van der Waals surface area contributed by atoms with Gasteiger partial charge in [0.25, 0.3) is 11.5 Å². The topological polar surface area (TPSA) is 98.0 Å². The first-order valence-electron chi connectivity index (χ1n) is 13.9. The molecule has 2 unspecified atom stereocenters. The van der Waals surface area contributed by atoms with Crippen LogP contribution >= 0.6 is 22.6 Å². The van der Waals surface area contributed by atoms with Gasteiger partial charge in [-0.05, 0) is 95.1 Å². The van der Waals surface area contributed by atoms with Gasteiger partial charge in [-0.15, -0.1) is 0 Å². The Kier molecular flexibility index (Phi) is 9.20. The Morgan fingerprint density at radius 2 is 1.56 bits per heavy atom. The van der Waals surface area contributed by atoms with Crippen molar-refractivity contribution >= 4 is 40.1 Å². The second kappa shape index (κ2) is 13.2. The highest BCUT2D eigenvalue weighted by Gasteiger charge is 2.33. The Bertz CT molecular complexity index is 1800. The van der Waals surface area contributed by atoms with Crippen molar-refractivity contribution in [1.82, 2.24) is 19.7 Å². The predicted molar refractivity (Wildman–Crippen MR) is 177 cm³/mol. The smallest absolute Gasteiger partial charge is 0.270 e. The van der Waals surface area contributed by atoms with Crippen LogP contribution in [0, 0.1) is 3.57 Å². The molecule has 0 aliphatic rings. The number of nitrogens with one attached hydrogen (secondary N) is 2. The number of carbonyl (C=O) groups excluding carboxylic acids is 2. The molecule has 2 aromatic heterocycles. The first-order chi connectivity index (χ1) is 20.7. The summed E-state index contributed by atoms with van der Waals surface area (Å²) in [6.45, 7) is 3.93. The molecule has 2 amide bonds. The van der Waals surface area contributed by atoms with Crippen LogP contribution in [0.4, 0.5) is 5.69 Å². The van der Waals surface area contributed by atoms with E-state index in [1.165, 1.54) is 4.68 Å². The van der Waals surface area contributed by atoms with Gasteiger partial charge in [-0.1, -0.05) is 54.6 Å². The van der Waals surface area contributed by atoms with Gasteiger partial charge in [0.15, 0.2) is 0 Å². The number of amides is 2. The van der Waals surface area contributed by atoms with Gasteiger partial charge in [-0.2, -0.15) is 5.10 Å². The minimum absolute atomic E-state index is 0.00394. The second-order valence-electron chi connectivity index (χ2n) is 10.6. The van der Waals surface area contributed by atoms with E-state index in [1.54, 1.807) is 29.9 Å². The van der Waals surface area contributed by atoms with Gasteiger partial charge >= 0.3 is 0 Å². The summed E-state index contributed by atoms with van der Waals surface area (Å²) in [7, 11) is 1.68. The van der Waals surface area contributed by atoms with Crippen LogP contribution in [0.25, 0.3) is 11.1 Å².